The van der Waals surface area contributed by atoms with Crippen molar-refractivity contribution in [3.63, 3.8) is 0 Å². The van der Waals surface area contributed by atoms with Crippen LogP contribution in [-0.4, -0.2) is 37.4 Å². The number of amides is 3. The van der Waals surface area contributed by atoms with Crippen LogP contribution in [0.5, 0.6) is 5.75 Å². The normalized spacial score (nSPS) is 16.7. The van der Waals surface area contributed by atoms with E-state index < -0.39 is 0 Å². The molecule has 0 radical (unpaired) electrons. The first-order chi connectivity index (χ1) is 13.1. The number of imide groups is 1. The minimum atomic E-state index is -0.315. The molecule has 0 bridgehead atoms. The van der Waals surface area contributed by atoms with Gasteiger partial charge in [0.2, 0.25) is 11.8 Å². The summed E-state index contributed by atoms with van der Waals surface area (Å²) >= 11 is 0. The molecule has 148 valence electrons. The van der Waals surface area contributed by atoms with E-state index in [1.54, 1.807) is 24.3 Å². The zero-order valence-corrected chi connectivity index (χ0v) is 15.7. The molecule has 7 nitrogen and oxygen atoms in total. The highest BCUT2D eigenvalue weighted by molar-refractivity contribution is 6.00. The lowest BCUT2D eigenvalue weighted by atomic mass is 9.90. The molecule has 0 spiro atoms. The van der Waals surface area contributed by atoms with E-state index in [0.717, 1.165) is 44.2 Å². The molecule has 4 N–H and O–H groups in total. The van der Waals surface area contributed by atoms with Crippen molar-refractivity contribution in [3.05, 3.63) is 29.8 Å². The molecule has 2 rings (SSSR count). The van der Waals surface area contributed by atoms with Crippen LogP contribution in [0.4, 0.5) is 0 Å². The third-order valence-corrected chi connectivity index (χ3v) is 4.59. The molecule has 0 aromatic heterocycles. The second-order valence-corrected chi connectivity index (χ2v) is 6.77. The summed E-state index contributed by atoms with van der Waals surface area (Å²) in [5.41, 5.74) is 6.29. The van der Waals surface area contributed by atoms with Gasteiger partial charge in [0.1, 0.15) is 5.75 Å². The third-order valence-electron chi connectivity index (χ3n) is 4.59. The Morgan fingerprint density at radius 1 is 1.11 bits per heavy atom. The van der Waals surface area contributed by atoms with Crippen molar-refractivity contribution in [1.82, 2.24) is 10.6 Å². The summed E-state index contributed by atoms with van der Waals surface area (Å²) in [5, 5.41) is 5.20. The maximum absolute atomic E-state index is 11.9. The lowest BCUT2D eigenvalue weighted by Gasteiger charge is -2.21. The van der Waals surface area contributed by atoms with Crippen molar-refractivity contribution in [1.29, 1.82) is 0 Å². The minimum absolute atomic E-state index is 0.0368. The quantitative estimate of drug-likeness (QED) is 0.402. The number of ether oxygens (including phenoxy) is 1. The Bertz CT molecular complexity index is 631. The Balaban J connectivity index is 1.65. The van der Waals surface area contributed by atoms with Crippen LogP contribution in [0.3, 0.4) is 0 Å². The van der Waals surface area contributed by atoms with Gasteiger partial charge >= 0.3 is 0 Å². The average Bonchev–Trinajstić information content (AvgIpc) is 2.66. The fourth-order valence-corrected chi connectivity index (χ4v) is 3.04. The number of nitrogens with two attached hydrogens (primary N) is 1. The monoisotopic (exact) mass is 375 g/mol. The number of hydrogen-bond donors (Lipinski definition) is 3. The van der Waals surface area contributed by atoms with Crippen molar-refractivity contribution in [2.45, 2.75) is 50.9 Å². The predicted octanol–water partition coefficient (Wildman–Crippen LogP) is 1.61. The van der Waals surface area contributed by atoms with Crippen molar-refractivity contribution >= 4 is 17.7 Å². The third kappa shape index (κ3) is 7.38. The van der Waals surface area contributed by atoms with E-state index in [2.05, 4.69) is 10.6 Å². The van der Waals surface area contributed by atoms with Crippen LogP contribution in [0.1, 0.15) is 56.4 Å². The van der Waals surface area contributed by atoms with Gasteiger partial charge in [0.15, 0.2) is 6.61 Å². The van der Waals surface area contributed by atoms with Gasteiger partial charge in [-0.05, 0) is 43.5 Å². The van der Waals surface area contributed by atoms with Gasteiger partial charge in [0.25, 0.3) is 5.91 Å². The van der Waals surface area contributed by atoms with Crippen molar-refractivity contribution < 1.29 is 19.1 Å². The number of benzene rings is 1. The molecule has 3 amide bonds. The molecule has 0 aliphatic carbocycles. The van der Waals surface area contributed by atoms with Crippen LogP contribution in [0.25, 0.3) is 0 Å². The summed E-state index contributed by atoms with van der Waals surface area (Å²) in [6, 6.07) is 7.08. The SMILES string of the molecule is NCCCCCCCNC(=O)COc1ccc(C2CCC(=O)NC2=O)cc1. The van der Waals surface area contributed by atoms with Gasteiger partial charge in [-0.3, -0.25) is 19.7 Å². The highest BCUT2D eigenvalue weighted by atomic mass is 16.5. The van der Waals surface area contributed by atoms with E-state index in [-0.39, 0.29) is 30.2 Å². The molecular formula is C20H29N3O4. The Morgan fingerprint density at radius 3 is 2.52 bits per heavy atom. The van der Waals surface area contributed by atoms with Gasteiger partial charge in [-0.1, -0.05) is 31.4 Å². The topological polar surface area (TPSA) is 111 Å². The molecule has 0 saturated carbocycles. The van der Waals surface area contributed by atoms with Crippen molar-refractivity contribution in [3.8, 4) is 5.75 Å². The molecule has 1 unspecified atom stereocenters. The largest absolute Gasteiger partial charge is 0.484 e. The van der Waals surface area contributed by atoms with Crippen LogP contribution >= 0.6 is 0 Å². The van der Waals surface area contributed by atoms with Crippen LogP contribution < -0.4 is 21.1 Å². The first-order valence-electron chi connectivity index (χ1n) is 9.63. The molecular weight excluding hydrogens is 346 g/mol. The lowest BCUT2D eigenvalue weighted by Crippen LogP contribution is -2.39. The molecule has 1 aromatic carbocycles. The maximum atomic E-state index is 11.9. The fraction of sp³-hybridized carbons (Fsp3) is 0.550. The van der Waals surface area contributed by atoms with Gasteiger partial charge in [-0.25, -0.2) is 0 Å². The first-order valence-corrected chi connectivity index (χ1v) is 9.63. The summed E-state index contributed by atoms with van der Waals surface area (Å²) < 4.78 is 5.48. The van der Waals surface area contributed by atoms with Crippen molar-refractivity contribution in [2.75, 3.05) is 19.7 Å². The number of nitrogens with one attached hydrogen (secondary N) is 2. The fourth-order valence-electron chi connectivity index (χ4n) is 3.04. The van der Waals surface area contributed by atoms with E-state index in [1.165, 1.54) is 0 Å². The molecule has 1 aliphatic heterocycles. The molecule has 1 saturated heterocycles. The smallest absolute Gasteiger partial charge is 0.257 e. The first kappa shape index (κ1) is 20.9. The zero-order valence-electron chi connectivity index (χ0n) is 15.7. The molecule has 1 atom stereocenters. The Labute approximate surface area is 160 Å². The summed E-state index contributed by atoms with van der Waals surface area (Å²) in [7, 11) is 0. The number of unbranched alkanes of at least 4 members (excludes halogenated alkanes) is 4. The Kier molecular flexibility index (Phi) is 8.77. The molecule has 1 aliphatic rings. The number of carbonyl (C=O) groups excluding carboxylic acids is 3. The van der Waals surface area contributed by atoms with E-state index >= 15 is 0 Å². The molecule has 1 aromatic rings. The average molecular weight is 375 g/mol. The van der Waals surface area contributed by atoms with Gasteiger partial charge < -0.3 is 15.8 Å². The van der Waals surface area contributed by atoms with Crippen LogP contribution in [0.2, 0.25) is 0 Å². The second kappa shape index (κ2) is 11.3. The predicted molar refractivity (Wildman–Crippen MR) is 102 cm³/mol. The van der Waals surface area contributed by atoms with Gasteiger partial charge in [0, 0.05) is 13.0 Å². The van der Waals surface area contributed by atoms with Gasteiger partial charge in [0.05, 0.1) is 5.92 Å². The number of hydrogen-bond acceptors (Lipinski definition) is 5. The van der Waals surface area contributed by atoms with Crippen LogP contribution in [0.15, 0.2) is 24.3 Å². The highest BCUT2D eigenvalue weighted by Crippen LogP contribution is 2.26. The zero-order chi connectivity index (χ0) is 19.5. The summed E-state index contributed by atoms with van der Waals surface area (Å²) in [6.07, 6.45) is 6.25. The van der Waals surface area contributed by atoms with Gasteiger partial charge in [-0.15, -0.1) is 0 Å². The second-order valence-electron chi connectivity index (χ2n) is 6.77. The number of piperidine rings is 1. The number of carbonyl (C=O) groups is 3. The summed E-state index contributed by atoms with van der Waals surface area (Å²) in [6.45, 7) is 1.35. The summed E-state index contributed by atoms with van der Waals surface area (Å²) in [4.78, 5) is 34.9. The molecule has 1 heterocycles. The van der Waals surface area contributed by atoms with E-state index in [1.807, 2.05) is 0 Å². The van der Waals surface area contributed by atoms with E-state index in [0.29, 0.717) is 25.1 Å². The molecule has 7 heteroatoms. The van der Waals surface area contributed by atoms with E-state index in [4.69, 9.17) is 10.5 Å². The van der Waals surface area contributed by atoms with Gasteiger partial charge in [-0.2, -0.15) is 0 Å². The minimum Gasteiger partial charge on any atom is -0.484 e. The van der Waals surface area contributed by atoms with Crippen LogP contribution in [-0.2, 0) is 14.4 Å². The van der Waals surface area contributed by atoms with Crippen LogP contribution in [0, 0.1) is 0 Å². The molecule has 1 fully saturated rings. The lowest BCUT2D eigenvalue weighted by molar-refractivity contribution is -0.134. The van der Waals surface area contributed by atoms with Crippen molar-refractivity contribution in [2.24, 2.45) is 5.73 Å². The Hall–Kier alpha value is -2.41. The van der Waals surface area contributed by atoms with E-state index in [9.17, 15) is 14.4 Å². The summed E-state index contributed by atoms with van der Waals surface area (Å²) in [5.74, 6) is -0.376. The molecule has 27 heavy (non-hydrogen) atoms. The maximum Gasteiger partial charge on any atom is 0.257 e. The Morgan fingerprint density at radius 2 is 1.81 bits per heavy atom. The standard InChI is InChI=1S/C20H29N3O4/c21-12-4-2-1-3-5-13-22-19(25)14-27-16-8-6-15(7-9-16)17-10-11-18(24)23-20(17)26/h6-9,17H,1-5,10-14,21H2,(H,22,25)(H,23,24,26). The number of rotatable bonds is 11. The highest BCUT2D eigenvalue weighted by Gasteiger charge is 2.27.